The molecule has 0 aliphatic rings. The number of nitrogens with two attached hydrogens (primary N) is 1. The van der Waals surface area contributed by atoms with Crippen LogP contribution in [0.25, 0.3) is 0 Å². The van der Waals surface area contributed by atoms with Crippen molar-refractivity contribution in [3.05, 3.63) is 0 Å². The summed E-state index contributed by atoms with van der Waals surface area (Å²) in [5.74, 6) is -0.481. The molecule has 3 amide bonds. The molecule has 0 aromatic rings. The number of esters is 1. The van der Waals surface area contributed by atoms with E-state index in [1.165, 1.54) is 39.7 Å². The van der Waals surface area contributed by atoms with Gasteiger partial charge in [-0.25, -0.2) is 0 Å². The Balaban J connectivity index is -0.0000000539. The van der Waals surface area contributed by atoms with Gasteiger partial charge >= 0.3 is 5.97 Å². The number of amides is 3. The lowest BCUT2D eigenvalue weighted by Crippen LogP contribution is -2.17. The van der Waals surface area contributed by atoms with E-state index in [9.17, 15) is 19.2 Å². The lowest BCUT2D eigenvalue weighted by molar-refractivity contribution is -0.138. The molecule has 0 rings (SSSR count). The quantitative estimate of drug-likeness (QED) is 0.617. The third-order valence-corrected chi connectivity index (χ3v) is 1.27. The van der Waals surface area contributed by atoms with E-state index in [4.69, 9.17) is 0 Å². The highest BCUT2D eigenvalue weighted by atomic mass is 16.5. The second-order valence-corrected chi connectivity index (χ2v) is 3.53. The Labute approximate surface area is 128 Å². The molecule has 0 heterocycles. The van der Waals surface area contributed by atoms with Crippen LogP contribution in [-0.4, -0.2) is 56.8 Å². The van der Waals surface area contributed by atoms with E-state index in [-0.39, 0.29) is 31.1 Å². The average Bonchev–Trinajstić information content (AvgIpc) is 2.29. The van der Waals surface area contributed by atoms with Crippen LogP contribution in [0.1, 0.15) is 35.1 Å². The van der Waals surface area contributed by atoms with E-state index in [2.05, 4.69) is 15.8 Å². The third-order valence-electron chi connectivity index (χ3n) is 1.27. The van der Waals surface area contributed by atoms with Crippen molar-refractivity contribution in [3.63, 3.8) is 0 Å². The number of ether oxygens (including phenoxy) is 1. The molecular weight excluding hydrogens is 278 g/mol. The van der Waals surface area contributed by atoms with Crippen molar-refractivity contribution in [2.24, 2.45) is 5.73 Å². The normalized spacial score (nSPS) is 6.67. The Bertz CT molecular complexity index is 274. The Morgan fingerprint density at radius 1 is 1.00 bits per heavy atom. The molecule has 3 N–H and O–H groups in total. The summed E-state index contributed by atoms with van der Waals surface area (Å²) in [7, 11) is 6.40. The summed E-state index contributed by atoms with van der Waals surface area (Å²) < 4.78 is 4.11. The Hall–Kier alpha value is -2.12. The fourth-order valence-corrected chi connectivity index (χ4v) is 0. The molecule has 21 heavy (non-hydrogen) atoms. The molecule has 0 aliphatic carbocycles. The fraction of sp³-hybridized carbons (Fsp3) is 0.692. The van der Waals surface area contributed by atoms with Gasteiger partial charge in [0.15, 0.2) is 0 Å². The molecule has 0 aromatic carbocycles. The number of carbonyl (C=O) groups excluding carboxylic acids is 4. The molecule has 0 bridgehead atoms. The van der Waals surface area contributed by atoms with E-state index in [1.807, 2.05) is 0 Å². The highest BCUT2D eigenvalue weighted by Crippen LogP contribution is 1.69. The molecule has 0 aliphatic heterocycles. The van der Waals surface area contributed by atoms with Crippen molar-refractivity contribution in [1.82, 2.24) is 10.2 Å². The van der Waals surface area contributed by atoms with Crippen LogP contribution in [0, 0.1) is 0 Å². The molecule has 0 unspecified atom stereocenters. The first kappa shape index (κ1) is 31.3. The summed E-state index contributed by atoms with van der Waals surface area (Å²) >= 11 is 0. The zero-order chi connectivity index (χ0) is 17.3. The first-order chi connectivity index (χ1) is 8.91. The predicted molar refractivity (Wildman–Crippen MR) is 83.4 cm³/mol. The minimum atomic E-state index is -0.333. The number of carbonyl (C=O) groups is 4. The van der Waals surface area contributed by atoms with Crippen LogP contribution in [0.3, 0.4) is 0 Å². The van der Waals surface area contributed by atoms with Crippen molar-refractivity contribution in [2.45, 2.75) is 35.1 Å². The molecule has 8 heteroatoms. The van der Waals surface area contributed by atoms with Gasteiger partial charge in [-0.15, -0.1) is 0 Å². The standard InChI is InChI=1S/C4H9NO.C3H7NO.C3H6O2.C2H5NO.CH4/c1-4(6)5(2)3;1-3(5)4-2;1-3(4)5-2;1-2(3)4;/h1-3H3;1-2H3,(H,4,5);1-2H3;1H3,(H2,3,4);1H4. The molecule has 128 valence electrons. The number of rotatable bonds is 0. The minimum absolute atomic E-state index is 0. The molecule has 0 saturated carbocycles. The van der Waals surface area contributed by atoms with Crippen molar-refractivity contribution in [3.8, 4) is 0 Å². The van der Waals surface area contributed by atoms with Crippen molar-refractivity contribution in [2.75, 3.05) is 28.3 Å². The summed E-state index contributed by atoms with van der Waals surface area (Å²) in [6.45, 7) is 5.67. The lowest BCUT2D eigenvalue weighted by Gasteiger charge is -2.02. The summed E-state index contributed by atoms with van der Waals surface area (Å²) in [6.07, 6.45) is 0. The molecule has 0 spiro atoms. The van der Waals surface area contributed by atoms with Gasteiger partial charge in [0, 0.05) is 48.8 Å². The van der Waals surface area contributed by atoms with Crippen molar-refractivity contribution >= 4 is 23.7 Å². The van der Waals surface area contributed by atoms with Crippen molar-refractivity contribution < 1.29 is 23.9 Å². The summed E-state index contributed by atoms with van der Waals surface area (Å²) in [6, 6.07) is 0. The average molecular weight is 309 g/mol. The second-order valence-electron chi connectivity index (χ2n) is 3.53. The number of nitrogens with one attached hydrogen (secondary N) is 1. The van der Waals surface area contributed by atoms with Gasteiger partial charge in [-0.1, -0.05) is 7.43 Å². The number of hydrogen-bond donors (Lipinski definition) is 2. The lowest BCUT2D eigenvalue weighted by atomic mass is 10.7. The highest BCUT2D eigenvalue weighted by Gasteiger charge is 1.87. The third kappa shape index (κ3) is 130. The first-order valence-electron chi connectivity index (χ1n) is 5.59. The summed E-state index contributed by atoms with van der Waals surface area (Å²) in [5, 5.41) is 2.39. The maximum Gasteiger partial charge on any atom is 0.302 e. The predicted octanol–water partition coefficient (Wildman–Crippen LogP) is 0.154. The number of hydrogen-bond acceptors (Lipinski definition) is 5. The van der Waals surface area contributed by atoms with Gasteiger partial charge in [-0.3, -0.25) is 19.2 Å². The van der Waals surface area contributed by atoms with E-state index >= 15 is 0 Å². The van der Waals surface area contributed by atoms with Gasteiger partial charge in [0.2, 0.25) is 17.7 Å². The van der Waals surface area contributed by atoms with Gasteiger partial charge in [0.1, 0.15) is 0 Å². The van der Waals surface area contributed by atoms with Gasteiger partial charge in [0.25, 0.3) is 0 Å². The topological polar surface area (TPSA) is 119 Å². The fourth-order valence-electron chi connectivity index (χ4n) is 0. The van der Waals surface area contributed by atoms with Gasteiger partial charge in [0.05, 0.1) is 7.11 Å². The maximum absolute atomic E-state index is 10.1. The SMILES string of the molecule is C.CC(=O)N(C)C.CC(N)=O.CNC(C)=O.COC(C)=O. The molecule has 0 radical (unpaired) electrons. The molecule has 0 atom stereocenters. The van der Waals surface area contributed by atoms with Crippen LogP contribution < -0.4 is 11.1 Å². The highest BCUT2D eigenvalue weighted by molar-refractivity contribution is 5.72. The zero-order valence-electron chi connectivity index (χ0n) is 13.6. The van der Waals surface area contributed by atoms with Gasteiger partial charge in [-0.2, -0.15) is 0 Å². The van der Waals surface area contributed by atoms with Crippen LogP contribution in [0.5, 0.6) is 0 Å². The van der Waals surface area contributed by atoms with E-state index < -0.39 is 0 Å². The van der Waals surface area contributed by atoms with Gasteiger partial charge < -0.3 is 20.7 Å². The van der Waals surface area contributed by atoms with Gasteiger partial charge in [-0.05, 0) is 0 Å². The first-order valence-corrected chi connectivity index (χ1v) is 5.59. The van der Waals surface area contributed by atoms with Crippen LogP contribution >= 0.6 is 0 Å². The molecule has 0 fully saturated rings. The zero-order valence-corrected chi connectivity index (χ0v) is 13.6. The minimum Gasteiger partial charge on any atom is -0.469 e. The van der Waals surface area contributed by atoms with Crippen LogP contribution in [0.15, 0.2) is 0 Å². The summed E-state index contributed by atoms with van der Waals surface area (Å²) in [4.78, 5) is 40.1. The van der Waals surface area contributed by atoms with E-state index in [0.29, 0.717) is 0 Å². The van der Waals surface area contributed by atoms with E-state index in [1.54, 1.807) is 21.1 Å². The molecule has 0 saturated heterocycles. The number of primary amides is 1. The molecule has 8 nitrogen and oxygen atoms in total. The van der Waals surface area contributed by atoms with Crippen LogP contribution in [0.4, 0.5) is 0 Å². The maximum atomic E-state index is 10.1. The Morgan fingerprint density at radius 3 is 1.14 bits per heavy atom. The monoisotopic (exact) mass is 309 g/mol. The second kappa shape index (κ2) is 23.0. The van der Waals surface area contributed by atoms with Crippen LogP contribution in [0.2, 0.25) is 0 Å². The Kier molecular flexibility index (Phi) is 34.3. The summed E-state index contributed by atoms with van der Waals surface area (Å²) in [5.41, 5.74) is 4.47. The molecule has 0 aromatic heterocycles. The number of nitrogens with zero attached hydrogens (tertiary/aromatic N) is 1. The molecular formula is C13H31N3O5. The smallest absolute Gasteiger partial charge is 0.302 e. The Morgan fingerprint density at radius 2 is 1.14 bits per heavy atom. The number of methoxy groups -OCH3 is 1. The largest absolute Gasteiger partial charge is 0.469 e. The van der Waals surface area contributed by atoms with Crippen LogP contribution in [-0.2, 0) is 23.9 Å². The van der Waals surface area contributed by atoms with E-state index in [0.717, 1.165) is 0 Å². The van der Waals surface area contributed by atoms with Crippen molar-refractivity contribution in [1.29, 1.82) is 0 Å².